The van der Waals surface area contributed by atoms with Crippen LogP contribution in [0.5, 0.6) is 0 Å². The molecule has 0 saturated heterocycles. The lowest BCUT2D eigenvalue weighted by Crippen LogP contribution is -1.99. The van der Waals surface area contributed by atoms with Crippen LogP contribution >= 0.6 is 11.8 Å². The lowest BCUT2D eigenvalue weighted by Gasteiger charge is -1.97. The standard InChI is InChI=1S/C8H14N2S/c1-7-6-8(4-5-11-3)10(2)9-7/h6H,4-5H2,1-3H3. The molecule has 1 heterocycles. The van der Waals surface area contributed by atoms with E-state index in [0.717, 1.165) is 12.1 Å². The van der Waals surface area contributed by atoms with Crippen LogP contribution in [-0.4, -0.2) is 21.8 Å². The van der Waals surface area contributed by atoms with Gasteiger partial charge in [0.05, 0.1) is 5.69 Å². The first-order chi connectivity index (χ1) is 5.24. The van der Waals surface area contributed by atoms with Crippen molar-refractivity contribution in [2.24, 2.45) is 7.05 Å². The molecule has 0 saturated carbocycles. The second-order valence-electron chi connectivity index (χ2n) is 2.64. The summed E-state index contributed by atoms with van der Waals surface area (Å²) in [6.45, 7) is 2.03. The maximum absolute atomic E-state index is 4.27. The Bertz CT molecular complexity index is 230. The molecule has 1 aromatic heterocycles. The third-order valence-electron chi connectivity index (χ3n) is 1.66. The number of nitrogens with zero attached hydrogens (tertiary/aromatic N) is 2. The highest BCUT2D eigenvalue weighted by atomic mass is 32.2. The maximum Gasteiger partial charge on any atom is 0.0596 e. The van der Waals surface area contributed by atoms with E-state index >= 15 is 0 Å². The number of hydrogen-bond donors (Lipinski definition) is 0. The van der Waals surface area contributed by atoms with E-state index in [1.54, 1.807) is 0 Å². The van der Waals surface area contributed by atoms with Crippen molar-refractivity contribution in [1.29, 1.82) is 0 Å². The minimum absolute atomic E-state index is 1.11. The lowest BCUT2D eigenvalue weighted by atomic mass is 10.3. The minimum atomic E-state index is 1.11. The quantitative estimate of drug-likeness (QED) is 0.686. The van der Waals surface area contributed by atoms with Crippen molar-refractivity contribution in [2.75, 3.05) is 12.0 Å². The summed E-state index contributed by atoms with van der Waals surface area (Å²) >= 11 is 1.87. The Morgan fingerprint density at radius 2 is 2.36 bits per heavy atom. The smallest absolute Gasteiger partial charge is 0.0596 e. The Kier molecular flexibility index (Phi) is 3.00. The lowest BCUT2D eigenvalue weighted by molar-refractivity contribution is 0.712. The summed E-state index contributed by atoms with van der Waals surface area (Å²) in [6.07, 6.45) is 3.25. The van der Waals surface area contributed by atoms with Crippen molar-refractivity contribution >= 4 is 11.8 Å². The molecule has 0 aliphatic carbocycles. The number of aromatic nitrogens is 2. The van der Waals surface area contributed by atoms with E-state index in [1.165, 1.54) is 11.4 Å². The van der Waals surface area contributed by atoms with Gasteiger partial charge in [-0.05, 0) is 31.4 Å². The van der Waals surface area contributed by atoms with E-state index in [0.29, 0.717) is 0 Å². The zero-order chi connectivity index (χ0) is 8.27. The maximum atomic E-state index is 4.27. The molecule has 0 amide bonds. The van der Waals surface area contributed by atoms with Crippen LogP contribution in [0, 0.1) is 6.92 Å². The van der Waals surface area contributed by atoms with Crippen LogP contribution in [-0.2, 0) is 13.5 Å². The highest BCUT2D eigenvalue weighted by molar-refractivity contribution is 7.98. The Balaban J connectivity index is 2.62. The summed E-state index contributed by atoms with van der Waals surface area (Å²) in [5, 5.41) is 4.27. The Morgan fingerprint density at radius 3 is 2.82 bits per heavy atom. The van der Waals surface area contributed by atoms with Crippen molar-refractivity contribution in [3.8, 4) is 0 Å². The van der Waals surface area contributed by atoms with E-state index < -0.39 is 0 Å². The van der Waals surface area contributed by atoms with E-state index in [-0.39, 0.29) is 0 Å². The fraction of sp³-hybridized carbons (Fsp3) is 0.625. The Morgan fingerprint density at radius 1 is 1.64 bits per heavy atom. The molecular formula is C8H14N2S. The predicted molar refractivity (Wildman–Crippen MR) is 50.0 cm³/mol. The largest absolute Gasteiger partial charge is 0.272 e. The fourth-order valence-electron chi connectivity index (χ4n) is 1.10. The molecular weight excluding hydrogens is 156 g/mol. The summed E-state index contributed by atoms with van der Waals surface area (Å²) in [4.78, 5) is 0. The summed E-state index contributed by atoms with van der Waals surface area (Å²) in [5.74, 6) is 1.18. The second-order valence-corrected chi connectivity index (χ2v) is 3.63. The molecule has 0 fully saturated rings. The van der Waals surface area contributed by atoms with Crippen LogP contribution in [0.2, 0.25) is 0 Å². The van der Waals surface area contributed by atoms with Crippen LogP contribution in [0.1, 0.15) is 11.4 Å². The molecule has 2 nitrogen and oxygen atoms in total. The predicted octanol–water partition coefficient (Wildman–Crippen LogP) is 1.63. The van der Waals surface area contributed by atoms with Gasteiger partial charge in [-0.15, -0.1) is 0 Å². The van der Waals surface area contributed by atoms with Gasteiger partial charge in [-0.2, -0.15) is 16.9 Å². The van der Waals surface area contributed by atoms with Gasteiger partial charge in [-0.3, -0.25) is 4.68 Å². The first kappa shape index (κ1) is 8.65. The Hall–Kier alpha value is -0.440. The van der Waals surface area contributed by atoms with E-state index in [2.05, 4.69) is 17.4 Å². The van der Waals surface area contributed by atoms with E-state index in [1.807, 2.05) is 30.4 Å². The summed E-state index contributed by atoms with van der Waals surface area (Å²) in [5.41, 5.74) is 2.44. The van der Waals surface area contributed by atoms with Gasteiger partial charge in [-0.1, -0.05) is 0 Å². The van der Waals surface area contributed by atoms with Gasteiger partial charge in [0.15, 0.2) is 0 Å². The number of rotatable bonds is 3. The topological polar surface area (TPSA) is 17.8 Å². The molecule has 11 heavy (non-hydrogen) atoms. The summed E-state index contributed by atoms with van der Waals surface area (Å²) in [7, 11) is 2.00. The van der Waals surface area contributed by atoms with E-state index in [4.69, 9.17) is 0 Å². The normalized spacial score (nSPS) is 10.5. The minimum Gasteiger partial charge on any atom is -0.272 e. The van der Waals surface area contributed by atoms with Crippen LogP contribution in [0.3, 0.4) is 0 Å². The van der Waals surface area contributed by atoms with Gasteiger partial charge in [0, 0.05) is 12.7 Å². The fourth-order valence-corrected chi connectivity index (χ4v) is 1.52. The average Bonchev–Trinajstić information content (AvgIpc) is 2.26. The van der Waals surface area contributed by atoms with Gasteiger partial charge >= 0.3 is 0 Å². The average molecular weight is 170 g/mol. The highest BCUT2D eigenvalue weighted by Gasteiger charge is 1.99. The molecule has 0 N–H and O–H groups in total. The molecule has 0 radical (unpaired) electrons. The van der Waals surface area contributed by atoms with Gasteiger partial charge in [-0.25, -0.2) is 0 Å². The first-order valence-electron chi connectivity index (χ1n) is 3.72. The molecule has 0 aliphatic heterocycles. The Labute approximate surface area is 72.0 Å². The molecule has 1 aromatic rings. The van der Waals surface area contributed by atoms with Crippen LogP contribution in [0.15, 0.2) is 6.07 Å². The first-order valence-corrected chi connectivity index (χ1v) is 5.12. The molecule has 0 spiro atoms. The number of aryl methyl sites for hydroxylation is 3. The molecule has 62 valence electrons. The molecule has 0 aromatic carbocycles. The van der Waals surface area contributed by atoms with E-state index in [9.17, 15) is 0 Å². The van der Waals surface area contributed by atoms with Gasteiger partial charge in [0.1, 0.15) is 0 Å². The molecule has 0 aliphatic rings. The third kappa shape index (κ3) is 2.26. The second kappa shape index (κ2) is 3.81. The van der Waals surface area contributed by atoms with Crippen molar-refractivity contribution in [3.63, 3.8) is 0 Å². The zero-order valence-corrected chi connectivity index (χ0v) is 8.11. The third-order valence-corrected chi connectivity index (χ3v) is 2.27. The van der Waals surface area contributed by atoms with Crippen molar-refractivity contribution in [2.45, 2.75) is 13.3 Å². The van der Waals surface area contributed by atoms with Gasteiger partial charge < -0.3 is 0 Å². The number of hydrogen-bond acceptors (Lipinski definition) is 2. The molecule has 0 atom stereocenters. The number of thioether (sulfide) groups is 1. The van der Waals surface area contributed by atoms with Gasteiger partial charge in [0.2, 0.25) is 0 Å². The zero-order valence-electron chi connectivity index (χ0n) is 7.29. The molecule has 3 heteroatoms. The monoisotopic (exact) mass is 170 g/mol. The van der Waals surface area contributed by atoms with Crippen molar-refractivity contribution < 1.29 is 0 Å². The van der Waals surface area contributed by atoms with Crippen LogP contribution in [0.4, 0.5) is 0 Å². The molecule has 1 rings (SSSR count). The molecule has 0 unspecified atom stereocenters. The van der Waals surface area contributed by atoms with Crippen molar-refractivity contribution in [1.82, 2.24) is 9.78 Å². The molecule has 0 bridgehead atoms. The van der Waals surface area contributed by atoms with Crippen LogP contribution in [0.25, 0.3) is 0 Å². The SMILES string of the molecule is CSCCc1cc(C)nn1C. The van der Waals surface area contributed by atoms with Crippen molar-refractivity contribution in [3.05, 3.63) is 17.5 Å². The van der Waals surface area contributed by atoms with Crippen LogP contribution < -0.4 is 0 Å². The van der Waals surface area contributed by atoms with Gasteiger partial charge in [0.25, 0.3) is 0 Å². The summed E-state index contributed by atoms with van der Waals surface area (Å²) < 4.78 is 1.96. The highest BCUT2D eigenvalue weighted by Crippen LogP contribution is 2.05. The summed E-state index contributed by atoms with van der Waals surface area (Å²) in [6, 6.07) is 2.15.